The van der Waals surface area contributed by atoms with E-state index in [2.05, 4.69) is 25.1 Å². The van der Waals surface area contributed by atoms with Crippen molar-refractivity contribution in [3.8, 4) is 0 Å². The zero-order valence-electron chi connectivity index (χ0n) is 11.3. The number of nitrogens with two attached hydrogens (primary N) is 1. The molecule has 0 saturated heterocycles. The summed E-state index contributed by atoms with van der Waals surface area (Å²) in [4.78, 5) is 0. The predicted molar refractivity (Wildman–Crippen MR) is 70.6 cm³/mol. The summed E-state index contributed by atoms with van der Waals surface area (Å²) < 4.78 is 1.87. The molecule has 2 rings (SSSR count). The van der Waals surface area contributed by atoms with Gasteiger partial charge in [-0.15, -0.1) is 0 Å². The van der Waals surface area contributed by atoms with Gasteiger partial charge in [-0.1, -0.05) is 13.8 Å². The zero-order valence-corrected chi connectivity index (χ0v) is 11.3. The van der Waals surface area contributed by atoms with Gasteiger partial charge in [0.25, 0.3) is 0 Å². The molecule has 3 atom stereocenters. The largest absolute Gasteiger partial charge is 0.325 e. The first-order chi connectivity index (χ1) is 7.99. The van der Waals surface area contributed by atoms with E-state index < -0.39 is 0 Å². The summed E-state index contributed by atoms with van der Waals surface area (Å²) in [6.45, 7) is 4.66. The number of hydrogen-bond donors (Lipinski definition) is 1. The van der Waals surface area contributed by atoms with Crippen LogP contribution in [0.25, 0.3) is 0 Å². The summed E-state index contributed by atoms with van der Waals surface area (Å²) >= 11 is 0. The number of aromatic nitrogens is 2. The van der Waals surface area contributed by atoms with Crippen LogP contribution in [-0.4, -0.2) is 15.3 Å². The minimum Gasteiger partial charge on any atom is -0.325 e. The van der Waals surface area contributed by atoms with E-state index in [0.29, 0.717) is 5.92 Å². The van der Waals surface area contributed by atoms with E-state index in [1.54, 1.807) is 0 Å². The van der Waals surface area contributed by atoms with E-state index in [1.165, 1.54) is 24.8 Å². The van der Waals surface area contributed by atoms with E-state index in [9.17, 15) is 0 Å². The topological polar surface area (TPSA) is 43.8 Å². The lowest BCUT2D eigenvalue weighted by Gasteiger charge is -2.42. The quantitative estimate of drug-likeness (QED) is 0.875. The molecule has 1 fully saturated rings. The Bertz CT molecular complexity index is 371. The van der Waals surface area contributed by atoms with Gasteiger partial charge in [0.15, 0.2) is 0 Å². The summed E-state index contributed by atoms with van der Waals surface area (Å²) in [6.07, 6.45) is 9.95. The number of hydrogen-bond acceptors (Lipinski definition) is 2. The molecule has 1 aromatic rings. The van der Waals surface area contributed by atoms with Gasteiger partial charge < -0.3 is 5.73 Å². The van der Waals surface area contributed by atoms with E-state index in [-0.39, 0.29) is 5.54 Å². The summed E-state index contributed by atoms with van der Waals surface area (Å²) in [5.74, 6) is 1.49. The third kappa shape index (κ3) is 2.89. The molecule has 1 aliphatic carbocycles. The van der Waals surface area contributed by atoms with Crippen LogP contribution in [0, 0.1) is 11.8 Å². The maximum absolute atomic E-state index is 6.59. The van der Waals surface area contributed by atoms with Crippen LogP contribution in [0.15, 0.2) is 12.4 Å². The Hall–Kier alpha value is -0.830. The summed E-state index contributed by atoms with van der Waals surface area (Å²) in [5, 5.41) is 4.21. The van der Waals surface area contributed by atoms with Crippen molar-refractivity contribution in [1.82, 2.24) is 9.78 Å². The third-order valence-corrected chi connectivity index (χ3v) is 4.48. The standard InChI is InChI=1S/C14H25N3/c1-11-4-6-14(15,12(2)8-11)7-5-13-9-16-17(3)10-13/h9-12H,4-8,15H2,1-3H3. The SMILES string of the molecule is CC1CCC(N)(CCc2cnn(C)c2)C(C)C1. The molecule has 1 saturated carbocycles. The van der Waals surface area contributed by atoms with Gasteiger partial charge in [-0.05, 0) is 49.5 Å². The molecule has 0 aromatic carbocycles. The van der Waals surface area contributed by atoms with Crippen LogP contribution in [0.4, 0.5) is 0 Å². The second-order valence-corrected chi connectivity index (χ2v) is 6.04. The van der Waals surface area contributed by atoms with Gasteiger partial charge in [0.05, 0.1) is 6.20 Å². The molecule has 96 valence electrons. The van der Waals surface area contributed by atoms with Crippen LogP contribution in [-0.2, 0) is 13.5 Å². The van der Waals surface area contributed by atoms with Gasteiger partial charge >= 0.3 is 0 Å². The number of nitrogens with zero attached hydrogens (tertiary/aromatic N) is 2. The van der Waals surface area contributed by atoms with Crippen LogP contribution in [0.1, 0.15) is 45.1 Å². The van der Waals surface area contributed by atoms with Crippen molar-refractivity contribution in [2.45, 2.75) is 51.5 Å². The van der Waals surface area contributed by atoms with Crippen molar-refractivity contribution in [2.75, 3.05) is 0 Å². The molecule has 3 heteroatoms. The highest BCUT2D eigenvalue weighted by atomic mass is 15.2. The van der Waals surface area contributed by atoms with Crippen molar-refractivity contribution >= 4 is 0 Å². The molecule has 3 unspecified atom stereocenters. The first kappa shape index (κ1) is 12.6. The summed E-state index contributed by atoms with van der Waals surface area (Å²) in [5.41, 5.74) is 7.94. The Kier molecular flexibility index (Phi) is 3.57. The molecule has 1 aromatic heterocycles. The van der Waals surface area contributed by atoms with Gasteiger partial charge in [0.1, 0.15) is 0 Å². The van der Waals surface area contributed by atoms with Crippen LogP contribution < -0.4 is 5.73 Å². The fourth-order valence-corrected chi connectivity index (χ4v) is 3.07. The molecule has 0 spiro atoms. The summed E-state index contributed by atoms with van der Waals surface area (Å²) in [6, 6.07) is 0. The van der Waals surface area contributed by atoms with E-state index in [1.807, 2.05) is 17.9 Å². The minimum atomic E-state index is 0.0440. The Labute approximate surface area is 104 Å². The molecule has 0 bridgehead atoms. The molecule has 2 N–H and O–H groups in total. The fraction of sp³-hybridized carbons (Fsp3) is 0.786. The van der Waals surface area contributed by atoms with Crippen molar-refractivity contribution in [3.63, 3.8) is 0 Å². The smallest absolute Gasteiger partial charge is 0.0521 e. The lowest BCUT2D eigenvalue weighted by Crippen LogP contribution is -2.49. The Balaban J connectivity index is 1.93. The van der Waals surface area contributed by atoms with Crippen LogP contribution in [0.2, 0.25) is 0 Å². The maximum Gasteiger partial charge on any atom is 0.0521 e. The van der Waals surface area contributed by atoms with Crippen molar-refractivity contribution < 1.29 is 0 Å². The van der Waals surface area contributed by atoms with Crippen molar-refractivity contribution in [1.29, 1.82) is 0 Å². The van der Waals surface area contributed by atoms with E-state index in [0.717, 1.165) is 18.8 Å². The van der Waals surface area contributed by atoms with Crippen molar-refractivity contribution in [2.24, 2.45) is 24.6 Å². The number of rotatable bonds is 3. The average Bonchev–Trinajstić information content (AvgIpc) is 2.68. The molecule has 3 nitrogen and oxygen atoms in total. The number of aryl methyl sites for hydroxylation is 2. The van der Waals surface area contributed by atoms with E-state index in [4.69, 9.17) is 5.73 Å². The summed E-state index contributed by atoms with van der Waals surface area (Å²) in [7, 11) is 1.96. The highest BCUT2D eigenvalue weighted by Crippen LogP contribution is 2.37. The monoisotopic (exact) mass is 235 g/mol. The minimum absolute atomic E-state index is 0.0440. The van der Waals surface area contributed by atoms with Crippen LogP contribution in [0.3, 0.4) is 0 Å². The molecule has 17 heavy (non-hydrogen) atoms. The van der Waals surface area contributed by atoms with Gasteiger partial charge in [-0.25, -0.2) is 0 Å². The van der Waals surface area contributed by atoms with Crippen LogP contribution >= 0.6 is 0 Å². The predicted octanol–water partition coefficient (Wildman–Crippen LogP) is 2.51. The molecule has 0 radical (unpaired) electrons. The van der Waals surface area contributed by atoms with Gasteiger partial charge in [0.2, 0.25) is 0 Å². The second-order valence-electron chi connectivity index (χ2n) is 6.04. The average molecular weight is 235 g/mol. The lowest BCUT2D eigenvalue weighted by atomic mass is 9.68. The molecule has 1 heterocycles. The van der Waals surface area contributed by atoms with E-state index >= 15 is 0 Å². The molecule has 1 aliphatic rings. The van der Waals surface area contributed by atoms with Gasteiger partial charge in [0, 0.05) is 18.8 Å². The molecule has 0 amide bonds. The Morgan fingerprint density at radius 2 is 2.29 bits per heavy atom. The normalized spacial score (nSPS) is 33.9. The highest BCUT2D eigenvalue weighted by Gasteiger charge is 2.36. The maximum atomic E-state index is 6.59. The third-order valence-electron chi connectivity index (χ3n) is 4.48. The molecule has 0 aliphatic heterocycles. The van der Waals surface area contributed by atoms with Gasteiger partial charge in [-0.3, -0.25) is 4.68 Å². The highest BCUT2D eigenvalue weighted by molar-refractivity contribution is 5.06. The zero-order chi connectivity index (χ0) is 12.5. The second kappa shape index (κ2) is 4.81. The molecular formula is C14H25N3. The Morgan fingerprint density at radius 1 is 1.53 bits per heavy atom. The van der Waals surface area contributed by atoms with Crippen molar-refractivity contribution in [3.05, 3.63) is 18.0 Å². The van der Waals surface area contributed by atoms with Gasteiger partial charge in [-0.2, -0.15) is 5.10 Å². The Morgan fingerprint density at radius 3 is 2.88 bits per heavy atom. The lowest BCUT2D eigenvalue weighted by molar-refractivity contribution is 0.154. The fourth-order valence-electron chi connectivity index (χ4n) is 3.07. The van der Waals surface area contributed by atoms with Crippen LogP contribution in [0.5, 0.6) is 0 Å². The first-order valence-corrected chi connectivity index (χ1v) is 6.76. The molecular weight excluding hydrogens is 210 g/mol. The first-order valence-electron chi connectivity index (χ1n) is 6.76.